The van der Waals surface area contributed by atoms with E-state index < -0.39 is 0 Å². The molecule has 3 rings (SSSR count). The van der Waals surface area contributed by atoms with Gasteiger partial charge in [0.2, 0.25) is 0 Å². The van der Waals surface area contributed by atoms with Crippen LogP contribution in [0.25, 0.3) is 0 Å². The van der Waals surface area contributed by atoms with Crippen LogP contribution in [0.2, 0.25) is 0 Å². The van der Waals surface area contributed by atoms with E-state index in [2.05, 4.69) is 119 Å². The Kier molecular flexibility index (Phi) is 6.88. The molecule has 25 heavy (non-hydrogen) atoms. The number of anilines is 3. The third kappa shape index (κ3) is 4.61. The van der Waals surface area contributed by atoms with Crippen LogP contribution in [0.5, 0.6) is 0 Å². The molecule has 0 heterocycles. The summed E-state index contributed by atoms with van der Waals surface area (Å²) >= 11 is 21.7. The maximum Gasteiger partial charge on any atom is 0.0605 e. The maximum atomic E-state index is 3.70. The lowest BCUT2D eigenvalue weighted by Crippen LogP contribution is -2.12. The van der Waals surface area contributed by atoms with Gasteiger partial charge in [0.15, 0.2) is 0 Å². The van der Waals surface area contributed by atoms with Crippen LogP contribution in [0.3, 0.4) is 0 Å². The molecule has 0 N–H and O–H groups in total. The van der Waals surface area contributed by atoms with Crippen molar-refractivity contribution in [2.75, 3.05) is 4.90 Å². The Morgan fingerprint density at radius 2 is 0.720 bits per heavy atom. The molecule has 0 aromatic heterocycles. The van der Waals surface area contributed by atoms with Crippen molar-refractivity contribution in [1.29, 1.82) is 0 Å². The zero-order valence-electron chi connectivity index (χ0n) is 12.4. The highest BCUT2D eigenvalue weighted by Crippen LogP contribution is 2.46. The van der Waals surface area contributed by atoms with Crippen molar-refractivity contribution in [2.45, 2.75) is 0 Å². The topological polar surface area (TPSA) is 3.24 Å². The highest BCUT2D eigenvalue weighted by atomic mass is 79.9. The summed E-state index contributed by atoms with van der Waals surface area (Å²) in [5, 5.41) is 0. The molecule has 0 atom stereocenters. The van der Waals surface area contributed by atoms with Crippen LogP contribution in [-0.2, 0) is 0 Å². The van der Waals surface area contributed by atoms with Crippen LogP contribution >= 0.6 is 95.6 Å². The van der Waals surface area contributed by atoms with Gasteiger partial charge in [-0.05, 0) is 102 Å². The summed E-state index contributed by atoms with van der Waals surface area (Å²) in [7, 11) is 0. The Bertz CT molecular complexity index is 818. The smallest absolute Gasteiger partial charge is 0.0605 e. The van der Waals surface area contributed by atoms with Crippen molar-refractivity contribution in [3.63, 3.8) is 0 Å². The summed E-state index contributed by atoms with van der Waals surface area (Å²) in [4.78, 5) is 2.20. The zero-order valence-corrected chi connectivity index (χ0v) is 21.9. The summed E-state index contributed by atoms with van der Waals surface area (Å²) in [5.41, 5.74) is 3.11. The van der Waals surface area contributed by atoms with Gasteiger partial charge in [0, 0.05) is 26.8 Å². The van der Waals surface area contributed by atoms with Crippen molar-refractivity contribution in [1.82, 2.24) is 0 Å². The summed E-state index contributed by atoms with van der Waals surface area (Å²) in [6.45, 7) is 0. The largest absolute Gasteiger partial charge is 0.307 e. The number of hydrogen-bond acceptors (Lipinski definition) is 1. The number of rotatable bonds is 3. The summed E-state index contributed by atoms with van der Waals surface area (Å²) in [6.07, 6.45) is 0. The Labute approximate surface area is 197 Å². The maximum absolute atomic E-state index is 3.70. The molecule has 0 aliphatic rings. The fourth-order valence-electron chi connectivity index (χ4n) is 2.38. The lowest BCUT2D eigenvalue weighted by atomic mass is 10.2. The molecule has 0 spiro atoms. The molecular weight excluding hydrogens is 710 g/mol. The molecule has 0 aliphatic heterocycles. The molecule has 0 saturated heterocycles. The third-order valence-electron chi connectivity index (χ3n) is 3.45. The molecule has 0 fully saturated rings. The van der Waals surface area contributed by atoms with Crippen LogP contribution in [0, 0.1) is 0 Å². The van der Waals surface area contributed by atoms with Crippen LogP contribution in [0.4, 0.5) is 17.1 Å². The van der Waals surface area contributed by atoms with Gasteiger partial charge in [-0.2, -0.15) is 0 Å². The Balaban J connectivity index is 2.27. The van der Waals surface area contributed by atoms with Crippen molar-refractivity contribution < 1.29 is 0 Å². The van der Waals surface area contributed by atoms with E-state index in [1.165, 1.54) is 0 Å². The zero-order chi connectivity index (χ0) is 18.1. The third-order valence-corrected chi connectivity index (χ3v) is 6.84. The Hall–Kier alpha value is 0.340. The Morgan fingerprint density at radius 1 is 0.440 bits per heavy atom. The molecule has 7 heteroatoms. The summed E-state index contributed by atoms with van der Waals surface area (Å²) < 4.78 is 6.04. The van der Waals surface area contributed by atoms with E-state index in [1.807, 2.05) is 36.4 Å². The van der Waals surface area contributed by atoms with E-state index in [9.17, 15) is 0 Å². The first-order valence-electron chi connectivity index (χ1n) is 7.02. The fourth-order valence-corrected chi connectivity index (χ4v) is 6.05. The number of hydrogen-bond donors (Lipinski definition) is 0. The predicted octanol–water partition coefficient (Wildman–Crippen LogP) is 9.73. The molecule has 0 radical (unpaired) electrons. The van der Waals surface area contributed by atoms with Crippen LogP contribution in [0.15, 0.2) is 81.4 Å². The molecule has 3 aromatic rings. The van der Waals surface area contributed by atoms with Gasteiger partial charge in [-0.3, -0.25) is 0 Å². The predicted molar refractivity (Wildman–Crippen MR) is 127 cm³/mol. The van der Waals surface area contributed by atoms with Gasteiger partial charge in [-0.1, -0.05) is 47.8 Å². The Morgan fingerprint density at radius 3 is 0.960 bits per heavy atom. The molecule has 0 bridgehead atoms. The highest BCUT2D eigenvalue weighted by Gasteiger charge is 2.20. The first-order chi connectivity index (χ1) is 11.9. The first kappa shape index (κ1) is 20.1. The standard InChI is InChI=1S/C18H9Br6N/c19-10-1-4-16(13(22)7-10)25(17-5-2-11(20)8-14(17)23)18-6-3-12(21)9-15(18)24/h1-9H. The van der Waals surface area contributed by atoms with E-state index in [-0.39, 0.29) is 0 Å². The summed E-state index contributed by atoms with van der Waals surface area (Å²) in [6, 6.07) is 18.5. The molecule has 128 valence electrons. The normalized spacial score (nSPS) is 10.8. The summed E-state index contributed by atoms with van der Waals surface area (Å²) in [5.74, 6) is 0. The number of nitrogens with zero attached hydrogens (tertiary/aromatic N) is 1. The molecule has 0 saturated carbocycles. The second-order valence-electron chi connectivity index (χ2n) is 5.12. The van der Waals surface area contributed by atoms with Gasteiger partial charge in [-0.25, -0.2) is 0 Å². The molecule has 3 aromatic carbocycles. The van der Waals surface area contributed by atoms with Gasteiger partial charge in [0.1, 0.15) is 0 Å². The average molecular weight is 719 g/mol. The number of halogens is 6. The second kappa shape index (κ2) is 8.57. The van der Waals surface area contributed by atoms with Crippen molar-refractivity contribution in [3.05, 3.63) is 81.4 Å². The first-order valence-corrected chi connectivity index (χ1v) is 11.8. The minimum Gasteiger partial charge on any atom is -0.307 e. The number of benzene rings is 3. The molecule has 0 amide bonds. The fraction of sp³-hybridized carbons (Fsp3) is 0. The van der Waals surface area contributed by atoms with E-state index in [1.54, 1.807) is 0 Å². The monoisotopic (exact) mass is 713 g/mol. The lowest BCUT2D eigenvalue weighted by Gasteiger charge is -2.28. The van der Waals surface area contributed by atoms with Crippen molar-refractivity contribution in [3.8, 4) is 0 Å². The quantitative estimate of drug-likeness (QED) is 0.261. The van der Waals surface area contributed by atoms with E-state index in [0.717, 1.165) is 43.9 Å². The van der Waals surface area contributed by atoms with Gasteiger partial charge in [0.05, 0.1) is 17.1 Å². The highest BCUT2D eigenvalue weighted by molar-refractivity contribution is 9.11. The van der Waals surface area contributed by atoms with Gasteiger partial charge >= 0.3 is 0 Å². The minimum atomic E-state index is 0.992. The van der Waals surface area contributed by atoms with E-state index >= 15 is 0 Å². The van der Waals surface area contributed by atoms with Gasteiger partial charge < -0.3 is 4.90 Å². The molecular formula is C18H9Br6N. The minimum absolute atomic E-state index is 0.992. The second-order valence-corrected chi connectivity index (χ2v) is 10.4. The van der Waals surface area contributed by atoms with Gasteiger partial charge in [0.25, 0.3) is 0 Å². The molecule has 0 aliphatic carbocycles. The van der Waals surface area contributed by atoms with E-state index in [4.69, 9.17) is 0 Å². The van der Waals surface area contributed by atoms with Crippen LogP contribution in [-0.4, -0.2) is 0 Å². The van der Waals surface area contributed by atoms with Crippen LogP contribution < -0.4 is 4.90 Å². The lowest BCUT2D eigenvalue weighted by molar-refractivity contribution is 1.25. The van der Waals surface area contributed by atoms with Crippen LogP contribution in [0.1, 0.15) is 0 Å². The van der Waals surface area contributed by atoms with Crippen molar-refractivity contribution >= 4 is 113 Å². The van der Waals surface area contributed by atoms with Crippen molar-refractivity contribution in [2.24, 2.45) is 0 Å². The molecule has 0 unspecified atom stereocenters. The van der Waals surface area contributed by atoms with Gasteiger partial charge in [-0.15, -0.1) is 0 Å². The molecule has 1 nitrogen and oxygen atoms in total. The SMILES string of the molecule is Brc1ccc(N(c2ccc(Br)cc2Br)c2ccc(Br)cc2Br)c(Br)c1. The average Bonchev–Trinajstić information content (AvgIpc) is 2.52. The van der Waals surface area contributed by atoms with E-state index in [0.29, 0.717) is 0 Å².